The van der Waals surface area contributed by atoms with E-state index < -0.39 is 0 Å². The molecule has 2 N–H and O–H groups in total. The molecule has 0 aliphatic carbocycles. The van der Waals surface area contributed by atoms with Crippen LogP contribution < -0.4 is 5.73 Å². The van der Waals surface area contributed by atoms with Crippen LogP contribution in [0.25, 0.3) is 11.0 Å². The molecule has 0 spiro atoms. The third-order valence-electron chi connectivity index (χ3n) is 2.23. The summed E-state index contributed by atoms with van der Waals surface area (Å²) in [6.45, 7) is 0.456. The molecule has 0 aliphatic rings. The molecule has 0 saturated carbocycles. The smallest absolute Gasteiger partial charge is 0.148 e. The largest absolute Gasteiger partial charge is 0.458 e. The highest BCUT2D eigenvalue weighted by Gasteiger charge is 2.12. The number of benzene rings is 1. The molecule has 15 heavy (non-hydrogen) atoms. The minimum absolute atomic E-state index is 0.214. The Hall–Kier alpha value is -0.840. The fourth-order valence-electron chi connectivity index (χ4n) is 1.49. The second-order valence-corrected chi connectivity index (χ2v) is 4.22. The number of hydrogen-bond donors (Lipinski definition) is 1. The standard InChI is InChI=1S/C11H12BrNO2/c1-14-6-9(13)10-5-7-3-2-4-8(12)11(7)15-10/h2-5,9H,6,13H2,1H3. The molecule has 0 fully saturated rings. The number of ether oxygens (including phenoxy) is 1. The molecule has 1 aromatic carbocycles. The van der Waals surface area contributed by atoms with E-state index in [-0.39, 0.29) is 6.04 Å². The van der Waals surface area contributed by atoms with Crippen LogP contribution in [0, 0.1) is 0 Å². The van der Waals surface area contributed by atoms with E-state index in [9.17, 15) is 0 Å². The van der Waals surface area contributed by atoms with Gasteiger partial charge >= 0.3 is 0 Å². The van der Waals surface area contributed by atoms with Gasteiger partial charge in [0.05, 0.1) is 17.1 Å². The van der Waals surface area contributed by atoms with E-state index in [4.69, 9.17) is 14.9 Å². The summed E-state index contributed by atoms with van der Waals surface area (Å²) in [7, 11) is 1.62. The lowest BCUT2D eigenvalue weighted by atomic mass is 10.2. The average Bonchev–Trinajstić information content (AvgIpc) is 2.63. The summed E-state index contributed by atoms with van der Waals surface area (Å²) in [6.07, 6.45) is 0. The highest BCUT2D eigenvalue weighted by Crippen LogP contribution is 2.28. The number of fused-ring (bicyclic) bond motifs is 1. The number of methoxy groups -OCH3 is 1. The van der Waals surface area contributed by atoms with Crippen LogP contribution in [0.15, 0.2) is 33.2 Å². The quantitative estimate of drug-likeness (QED) is 0.932. The van der Waals surface area contributed by atoms with Gasteiger partial charge in [-0.05, 0) is 28.1 Å². The van der Waals surface area contributed by atoms with E-state index in [1.165, 1.54) is 0 Å². The van der Waals surface area contributed by atoms with E-state index in [1.54, 1.807) is 7.11 Å². The van der Waals surface area contributed by atoms with Crippen molar-refractivity contribution in [1.82, 2.24) is 0 Å². The van der Waals surface area contributed by atoms with Crippen LogP contribution in [-0.2, 0) is 4.74 Å². The second kappa shape index (κ2) is 4.35. The molecular weight excluding hydrogens is 258 g/mol. The maximum Gasteiger partial charge on any atom is 0.148 e. The summed E-state index contributed by atoms with van der Waals surface area (Å²) in [6, 6.07) is 7.64. The molecule has 80 valence electrons. The van der Waals surface area contributed by atoms with E-state index in [0.717, 1.165) is 21.2 Å². The van der Waals surface area contributed by atoms with Gasteiger partial charge in [0, 0.05) is 12.5 Å². The minimum Gasteiger partial charge on any atom is -0.458 e. The highest BCUT2D eigenvalue weighted by atomic mass is 79.9. The van der Waals surface area contributed by atoms with Crippen molar-refractivity contribution in [2.45, 2.75) is 6.04 Å². The van der Waals surface area contributed by atoms with Crippen molar-refractivity contribution in [3.63, 3.8) is 0 Å². The van der Waals surface area contributed by atoms with Crippen LogP contribution in [0.2, 0.25) is 0 Å². The van der Waals surface area contributed by atoms with Crippen LogP contribution in [0.5, 0.6) is 0 Å². The van der Waals surface area contributed by atoms with Gasteiger partial charge in [-0.3, -0.25) is 0 Å². The number of rotatable bonds is 3. The first-order valence-electron chi connectivity index (χ1n) is 4.65. The molecule has 4 heteroatoms. The van der Waals surface area contributed by atoms with Crippen LogP contribution in [0.3, 0.4) is 0 Å². The molecule has 0 aliphatic heterocycles. The zero-order chi connectivity index (χ0) is 10.8. The Kier molecular flexibility index (Phi) is 3.09. The van der Waals surface area contributed by atoms with Crippen molar-refractivity contribution >= 4 is 26.9 Å². The van der Waals surface area contributed by atoms with E-state index in [1.807, 2.05) is 24.3 Å². The molecule has 3 nitrogen and oxygen atoms in total. The molecule has 0 saturated heterocycles. The molecular formula is C11H12BrNO2. The van der Waals surface area contributed by atoms with E-state index in [0.29, 0.717) is 6.61 Å². The van der Waals surface area contributed by atoms with Crippen LogP contribution in [0.4, 0.5) is 0 Å². The van der Waals surface area contributed by atoms with Crippen molar-refractivity contribution in [2.75, 3.05) is 13.7 Å². The lowest BCUT2D eigenvalue weighted by Gasteiger charge is -2.05. The molecule has 0 bridgehead atoms. The van der Waals surface area contributed by atoms with Crippen LogP contribution in [0.1, 0.15) is 11.8 Å². The van der Waals surface area contributed by atoms with Gasteiger partial charge in [0.2, 0.25) is 0 Å². The summed E-state index contributed by atoms with van der Waals surface area (Å²) in [4.78, 5) is 0. The lowest BCUT2D eigenvalue weighted by Crippen LogP contribution is -2.14. The first kappa shape index (κ1) is 10.7. The SMILES string of the molecule is COCC(N)c1cc2cccc(Br)c2o1. The summed E-state index contributed by atoms with van der Waals surface area (Å²) < 4.78 is 11.6. The average molecular weight is 270 g/mol. The molecule has 1 heterocycles. The fraction of sp³-hybridized carbons (Fsp3) is 0.273. The Morgan fingerprint density at radius 3 is 3.00 bits per heavy atom. The number of furan rings is 1. The first-order valence-corrected chi connectivity index (χ1v) is 5.44. The van der Waals surface area contributed by atoms with Gasteiger partial charge < -0.3 is 14.9 Å². The Labute approximate surface area is 96.3 Å². The van der Waals surface area contributed by atoms with Gasteiger partial charge in [0.15, 0.2) is 0 Å². The predicted molar refractivity (Wildman–Crippen MR) is 62.7 cm³/mol. The van der Waals surface area contributed by atoms with Crippen LogP contribution in [-0.4, -0.2) is 13.7 Å². The summed E-state index contributed by atoms with van der Waals surface area (Å²) >= 11 is 3.43. The van der Waals surface area contributed by atoms with Crippen molar-refractivity contribution in [3.05, 3.63) is 34.5 Å². The Balaban J connectivity index is 2.43. The second-order valence-electron chi connectivity index (χ2n) is 3.37. The maximum atomic E-state index is 5.89. The third kappa shape index (κ3) is 2.07. The van der Waals surface area contributed by atoms with Crippen LogP contribution >= 0.6 is 15.9 Å². The van der Waals surface area contributed by atoms with Crippen molar-refractivity contribution in [2.24, 2.45) is 5.73 Å². The number of halogens is 1. The van der Waals surface area contributed by atoms with E-state index >= 15 is 0 Å². The first-order chi connectivity index (χ1) is 7.22. The topological polar surface area (TPSA) is 48.4 Å². The zero-order valence-electron chi connectivity index (χ0n) is 8.37. The summed E-state index contributed by atoms with van der Waals surface area (Å²) in [5, 5.41) is 1.05. The van der Waals surface area contributed by atoms with Gasteiger partial charge in [-0.25, -0.2) is 0 Å². The number of nitrogens with two attached hydrogens (primary N) is 1. The summed E-state index contributed by atoms with van der Waals surface area (Å²) in [5.41, 5.74) is 6.72. The van der Waals surface area contributed by atoms with Gasteiger partial charge in [0.25, 0.3) is 0 Å². The monoisotopic (exact) mass is 269 g/mol. The predicted octanol–water partition coefficient (Wildman–Crippen LogP) is 2.84. The minimum atomic E-state index is -0.214. The van der Waals surface area contributed by atoms with Gasteiger partial charge in [-0.15, -0.1) is 0 Å². The molecule has 1 unspecified atom stereocenters. The van der Waals surface area contributed by atoms with Crippen molar-refractivity contribution in [1.29, 1.82) is 0 Å². The molecule has 1 atom stereocenters. The highest BCUT2D eigenvalue weighted by molar-refractivity contribution is 9.10. The normalized spacial score (nSPS) is 13.3. The molecule has 2 rings (SSSR count). The van der Waals surface area contributed by atoms with Crippen molar-refractivity contribution in [3.8, 4) is 0 Å². The molecule has 0 radical (unpaired) electrons. The van der Waals surface area contributed by atoms with E-state index in [2.05, 4.69) is 15.9 Å². The van der Waals surface area contributed by atoms with Gasteiger partial charge in [-0.1, -0.05) is 12.1 Å². The number of hydrogen-bond acceptors (Lipinski definition) is 3. The molecule has 2 aromatic rings. The lowest BCUT2D eigenvalue weighted by molar-refractivity contribution is 0.173. The van der Waals surface area contributed by atoms with Gasteiger partial charge in [-0.2, -0.15) is 0 Å². The van der Waals surface area contributed by atoms with Gasteiger partial charge in [0.1, 0.15) is 11.3 Å². The third-order valence-corrected chi connectivity index (χ3v) is 2.85. The number of para-hydroxylation sites is 1. The Morgan fingerprint density at radius 1 is 1.53 bits per heavy atom. The van der Waals surface area contributed by atoms with Crippen molar-refractivity contribution < 1.29 is 9.15 Å². The fourth-order valence-corrected chi connectivity index (χ4v) is 1.95. The Bertz CT molecular complexity index is 467. The summed E-state index contributed by atoms with van der Waals surface area (Å²) in [5.74, 6) is 0.749. The molecule has 1 aromatic heterocycles. The zero-order valence-corrected chi connectivity index (χ0v) is 9.95. The Morgan fingerprint density at radius 2 is 2.33 bits per heavy atom. The maximum absolute atomic E-state index is 5.89. The molecule has 0 amide bonds.